The van der Waals surface area contributed by atoms with Gasteiger partial charge in [0.2, 0.25) is 0 Å². The summed E-state index contributed by atoms with van der Waals surface area (Å²) in [6.45, 7) is 1.26. The quantitative estimate of drug-likeness (QED) is 0.780. The second-order valence-corrected chi connectivity index (χ2v) is 7.61. The van der Waals surface area contributed by atoms with E-state index in [-0.39, 0.29) is 12.1 Å². The molecule has 3 rings (SSSR count). The van der Waals surface area contributed by atoms with Crippen molar-refractivity contribution in [3.8, 4) is 0 Å². The highest BCUT2D eigenvalue weighted by Crippen LogP contribution is 2.40. The molecule has 0 unspecified atom stereocenters. The first-order valence-corrected chi connectivity index (χ1v) is 9.13. The molecule has 0 spiro atoms. The van der Waals surface area contributed by atoms with Gasteiger partial charge in [-0.1, -0.05) is 18.2 Å². The van der Waals surface area contributed by atoms with Crippen LogP contribution in [0.2, 0.25) is 0 Å². The maximum atomic E-state index is 12.0. The summed E-state index contributed by atoms with van der Waals surface area (Å²) in [5.41, 5.74) is 0.526. The van der Waals surface area contributed by atoms with Crippen molar-refractivity contribution < 1.29 is 22.2 Å². The van der Waals surface area contributed by atoms with Crippen molar-refractivity contribution in [2.24, 2.45) is 11.8 Å². The molecule has 0 amide bonds. The molecular formula is C15H19NO5S. The van der Waals surface area contributed by atoms with Crippen molar-refractivity contribution in [1.29, 1.82) is 0 Å². The van der Waals surface area contributed by atoms with E-state index in [4.69, 9.17) is 9.02 Å². The van der Waals surface area contributed by atoms with Crippen LogP contribution in [0.5, 0.6) is 0 Å². The number of carbonyl (C=O) groups is 1. The number of carbonyl (C=O) groups excluding carboxylic acids is 1. The topological polar surface area (TPSA) is 72.9 Å². The fourth-order valence-corrected chi connectivity index (χ4v) is 4.00. The Morgan fingerprint density at radius 3 is 2.27 bits per heavy atom. The van der Waals surface area contributed by atoms with Gasteiger partial charge in [0.25, 0.3) is 10.1 Å². The van der Waals surface area contributed by atoms with Gasteiger partial charge >= 0.3 is 5.97 Å². The van der Waals surface area contributed by atoms with Gasteiger partial charge in [-0.2, -0.15) is 8.42 Å². The fourth-order valence-electron chi connectivity index (χ4n) is 3.35. The van der Waals surface area contributed by atoms with Gasteiger partial charge in [0.1, 0.15) is 0 Å². The van der Waals surface area contributed by atoms with E-state index in [0.717, 1.165) is 6.26 Å². The van der Waals surface area contributed by atoms with Crippen molar-refractivity contribution in [2.75, 3.05) is 19.3 Å². The molecule has 1 saturated heterocycles. The lowest BCUT2D eigenvalue weighted by Crippen LogP contribution is -2.27. The van der Waals surface area contributed by atoms with Crippen molar-refractivity contribution in [3.05, 3.63) is 35.9 Å². The second kappa shape index (κ2) is 5.98. The molecule has 1 aliphatic carbocycles. The van der Waals surface area contributed by atoms with Gasteiger partial charge in [0, 0.05) is 13.1 Å². The zero-order chi connectivity index (χ0) is 15.7. The lowest BCUT2D eigenvalue weighted by atomic mass is 10.0. The Balaban J connectivity index is 1.52. The highest BCUT2D eigenvalue weighted by atomic mass is 32.2. The number of hydroxylamine groups is 2. The van der Waals surface area contributed by atoms with E-state index in [1.54, 1.807) is 29.3 Å². The van der Waals surface area contributed by atoms with Crippen LogP contribution in [0.15, 0.2) is 30.3 Å². The average Bonchev–Trinajstić information content (AvgIpc) is 2.95. The van der Waals surface area contributed by atoms with Crippen LogP contribution in [0.1, 0.15) is 23.2 Å². The largest absolute Gasteiger partial charge is 0.364 e. The van der Waals surface area contributed by atoms with Crippen LogP contribution in [0, 0.1) is 11.8 Å². The van der Waals surface area contributed by atoms with Crippen LogP contribution in [0.25, 0.3) is 0 Å². The van der Waals surface area contributed by atoms with Gasteiger partial charge in [-0.3, -0.25) is 4.18 Å². The first-order valence-electron chi connectivity index (χ1n) is 7.31. The van der Waals surface area contributed by atoms with Crippen molar-refractivity contribution in [2.45, 2.75) is 18.9 Å². The summed E-state index contributed by atoms with van der Waals surface area (Å²) in [4.78, 5) is 17.4. The number of rotatable bonds is 4. The van der Waals surface area contributed by atoms with E-state index >= 15 is 0 Å². The molecule has 7 heteroatoms. The average molecular weight is 325 g/mol. The minimum atomic E-state index is -3.41. The minimum absolute atomic E-state index is 0.239. The number of nitrogens with zero attached hydrogens (tertiary/aromatic N) is 1. The van der Waals surface area contributed by atoms with Crippen molar-refractivity contribution in [1.82, 2.24) is 5.06 Å². The maximum Gasteiger partial charge on any atom is 0.357 e. The summed E-state index contributed by atoms with van der Waals surface area (Å²) in [5.74, 6) is 0.273. The molecule has 1 saturated carbocycles. The molecule has 1 aromatic carbocycles. The molecule has 1 aliphatic heterocycles. The lowest BCUT2D eigenvalue weighted by Gasteiger charge is -2.18. The second-order valence-electron chi connectivity index (χ2n) is 6.01. The van der Waals surface area contributed by atoms with Gasteiger partial charge in [-0.05, 0) is 36.8 Å². The van der Waals surface area contributed by atoms with E-state index in [0.29, 0.717) is 43.3 Å². The van der Waals surface area contributed by atoms with Crippen LogP contribution in [0.4, 0.5) is 0 Å². The minimum Gasteiger partial charge on any atom is -0.364 e. The molecule has 22 heavy (non-hydrogen) atoms. The third-order valence-corrected chi connectivity index (χ3v) is 4.83. The summed E-state index contributed by atoms with van der Waals surface area (Å²) in [6, 6.07) is 8.87. The molecule has 2 fully saturated rings. The fraction of sp³-hybridized carbons (Fsp3) is 0.533. The first-order chi connectivity index (χ1) is 10.4. The molecule has 1 heterocycles. The smallest absolute Gasteiger partial charge is 0.357 e. The highest BCUT2D eigenvalue weighted by molar-refractivity contribution is 7.86. The molecule has 0 radical (unpaired) electrons. The molecule has 1 aromatic rings. The molecule has 0 N–H and O–H groups in total. The van der Waals surface area contributed by atoms with Crippen molar-refractivity contribution >= 4 is 16.1 Å². The van der Waals surface area contributed by atoms with Crippen LogP contribution in [-0.4, -0.2) is 44.9 Å². The number of fused-ring (bicyclic) bond motifs is 1. The van der Waals surface area contributed by atoms with Crippen LogP contribution >= 0.6 is 0 Å². The third-order valence-electron chi connectivity index (χ3n) is 4.21. The summed E-state index contributed by atoms with van der Waals surface area (Å²) < 4.78 is 27.4. The normalized spacial score (nSPS) is 28.5. The number of benzene rings is 1. The van der Waals surface area contributed by atoms with Gasteiger partial charge in [-0.25, -0.2) is 4.79 Å². The third kappa shape index (κ3) is 3.66. The highest BCUT2D eigenvalue weighted by Gasteiger charge is 2.43. The maximum absolute atomic E-state index is 12.0. The molecule has 0 aromatic heterocycles. The molecule has 6 nitrogen and oxygen atoms in total. The van der Waals surface area contributed by atoms with Crippen LogP contribution in [0.3, 0.4) is 0 Å². The summed E-state index contributed by atoms with van der Waals surface area (Å²) >= 11 is 0. The standard InChI is InChI=1S/C15H19NO5S/c1-22(18,19)21-14-7-12-9-16(10-13(12)8-14)20-15(17)11-5-3-2-4-6-11/h2-6,12-14H,7-10H2,1H3/t12-,13+,14-. The zero-order valence-corrected chi connectivity index (χ0v) is 13.2. The van der Waals surface area contributed by atoms with Crippen LogP contribution < -0.4 is 0 Å². The summed E-state index contributed by atoms with van der Waals surface area (Å²) in [7, 11) is -3.41. The Kier molecular flexibility index (Phi) is 4.20. The SMILES string of the molecule is CS(=O)(=O)O[C@@H]1C[C@@H]2CN(OC(=O)c3ccccc3)C[C@@H]2C1. The molecule has 120 valence electrons. The van der Waals surface area contributed by atoms with Gasteiger partial charge < -0.3 is 4.84 Å². The Bertz CT molecular complexity index is 631. The van der Waals surface area contributed by atoms with Gasteiger partial charge in [0.15, 0.2) is 0 Å². The van der Waals surface area contributed by atoms with E-state index in [9.17, 15) is 13.2 Å². The first kappa shape index (κ1) is 15.5. The lowest BCUT2D eigenvalue weighted by molar-refractivity contribution is -0.0990. The predicted octanol–water partition coefficient (Wildman–Crippen LogP) is 1.44. The summed E-state index contributed by atoms with van der Waals surface area (Å²) in [5, 5.41) is 1.68. The molecule has 2 aliphatic rings. The van der Waals surface area contributed by atoms with E-state index in [2.05, 4.69) is 0 Å². The van der Waals surface area contributed by atoms with E-state index in [1.165, 1.54) is 0 Å². The Morgan fingerprint density at radius 1 is 1.14 bits per heavy atom. The van der Waals surface area contributed by atoms with Crippen molar-refractivity contribution in [3.63, 3.8) is 0 Å². The van der Waals surface area contributed by atoms with Gasteiger partial charge in [0.05, 0.1) is 17.9 Å². The monoisotopic (exact) mass is 325 g/mol. The number of hydrogen-bond acceptors (Lipinski definition) is 6. The Labute approximate surface area is 130 Å². The van der Waals surface area contributed by atoms with Gasteiger partial charge in [-0.15, -0.1) is 5.06 Å². The molecule has 0 bridgehead atoms. The Hall–Kier alpha value is -1.44. The van der Waals surface area contributed by atoms with E-state index < -0.39 is 10.1 Å². The number of hydrogen-bond donors (Lipinski definition) is 0. The van der Waals surface area contributed by atoms with Crippen LogP contribution in [-0.2, 0) is 19.1 Å². The molecule has 3 atom stereocenters. The van der Waals surface area contributed by atoms with E-state index in [1.807, 2.05) is 6.07 Å². The Morgan fingerprint density at radius 2 is 1.73 bits per heavy atom. The summed E-state index contributed by atoms with van der Waals surface area (Å²) in [6.07, 6.45) is 2.22. The zero-order valence-electron chi connectivity index (χ0n) is 12.3. The molecular weight excluding hydrogens is 306 g/mol. The predicted molar refractivity (Wildman–Crippen MR) is 79.4 cm³/mol.